The second-order valence-corrected chi connectivity index (χ2v) is 9.90. The van der Waals surface area contributed by atoms with E-state index in [0.717, 1.165) is 56.7 Å². The number of rotatable bonds is 5. The molecule has 0 amide bonds. The molecule has 1 aromatic heterocycles. The van der Waals surface area contributed by atoms with E-state index in [9.17, 15) is 21.6 Å². The number of nitrogens with zero attached hydrogens (tertiary/aromatic N) is 3. The zero-order valence-corrected chi connectivity index (χ0v) is 17.8. The average Bonchev–Trinajstić information content (AvgIpc) is 2.62. The van der Waals surface area contributed by atoms with Crippen molar-refractivity contribution in [2.24, 2.45) is 5.41 Å². The molecule has 12 heteroatoms. The Morgan fingerprint density at radius 1 is 1.30 bits per heavy atom. The fourth-order valence-electron chi connectivity index (χ4n) is 3.82. The van der Waals surface area contributed by atoms with E-state index >= 15 is 0 Å². The quantitative estimate of drug-likeness (QED) is 0.704. The molecule has 30 heavy (non-hydrogen) atoms. The van der Waals surface area contributed by atoms with Crippen LogP contribution in [-0.2, 0) is 21.4 Å². The summed E-state index contributed by atoms with van der Waals surface area (Å²) in [6.45, 7) is 6.62. The van der Waals surface area contributed by atoms with Crippen LogP contribution in [0.5, 0.6) is 0 Å². The van der Waals surface area contributed by atoms with E-state index in [1.165, 1.54) is 0 Å². The molecule has 1 aromatic rings. The van der Waals surface area contributed by atoms with Gasteiger partial charge in [0.2, 0.25) is 10.0 Å². The number of aliphatic carboxylic acids is 1. The number of piperidine rings is 1. The van der Waals surface area contributed by atoms with Crippen molar-refractivity contribution in [3.63, 3.8) is 0 Å². The summed E-state index contributed by atoms with van der Waals surface area (Å²) in [4.78, 5) is 20.0. The summed E-state index contributed by atoms with van der Waals surface area (Å²) in [5, 5.41) is 7.12. The van der Waals surface area contributed by atoms with Crippen LogP contribution in [0.4, 0.5) is 13.2 Å². The maximum absolute atomic E-state index is 11.6. The zero-order valence-electron chi connectivity index (χ0n) is 16.9. The molecule has 1 aliphatic carbocycles. The van der Waals surface area contributed by atoms with Crippen LogP contribution < -0.4 is 4.72 Å². The minimum absolute atomic E-state index is 0.147. The molecule has 1 spiro atoms. The lowest BCUT2D eigenvalue weighted by atomic mass is 9.61. The Morgan fingerprint density at radius 2 is 1.87 bits per heavy atom. The van der Waals surface area contributed by atoms with Crippen LogP contribution >= 0.6 is 0 Å². The molecule has 0 bridgehead atoms. The minimum Gasteiger partial charge on any atom is -0.475 e. The molecule has 0 atom stereocenters. The van der Waals surface area contributed by atoms with Gasteiger partial charge in [0.05, 0.1) is 17.1 Å². The van der Waals surface area contributed by atoms with Crippen molar-refractivity contribution < 1.29 is 31.5 Å². The highest BCUT2D eigenvalue weighted by Crippen LogP contribution is 2.49. The lowest BCUT2D eigenvalue weighted by Crippen LogP contribution is -2.54. The molecule has 2 N–H and O–H groups in total. The number of aryl methyl sites for hydroxylation is 1. The van der Waals surface area contributed by atoms with Crippen LogP contribution in [0.2, 0.25) is 0 Å². The van der Waals surface area contributed by atoms with E-state index in [2.05, 4.69) is 19.6 Å². The summed E-state index contributed by atoms with van der Waals surface area (Å²) in [5.74, 6) is -2.59. The van der Waals surface area contributed by atoms with Crippen LogP contribution in [0.3, 0.4) is 0 Å². The zero-order chi connectivity index (χ0) is 22.6. The molecule has 1 saturated carbocycles. The SMILES string of the molecule is CCS(=O)(=O)NC1CC2(CCN(Cc3cncc(C)n3)CC2)C1.O=C(O)C(F)(F)F. The number of hydrogen-bond acceptors (Lipinski definition) is 6. The molecule has 0 radical (unpaired) electrons. The van der Waals surface area contributed by atoms with Gasteiger partial charge in [-0.05, 0) is 58.0 Å². The van der Waals surface area contributed by atoms with Crippen molar-refractivity contribution in [3.8, 4) is 0 Å². The van der Waals surface area contributed by atoms with E-state index in [1.807, 2.05) is 13.1 Å². The molecular formula is C18H27F3N4O4S. The van der Waals surface area contributed by atoms with Gasteiger partial charge in [0.15, 0.2) is 0 Å². The number of aromatic nitrogens is 2. The molecule has 3 rings (SSSR count). The van der Waals surface area contributed by atoms with Gasteiger partial charge in [0.1, 0.15) is 0 Å². The molecule has 2 fully saturated rings. The fraction of sp³-hybridized carbons (Fsp3) is 0.722. The number of alkyl halides is 3. The third kappa shape index (κ3) is 7.17. The standard InChI is InChI=1S/C16H26N4O2S.C2HF3O2/c1-3-23(21,22)19-14-8-16(9-14)4-6-20(7-5-16)12-15-11-17-10-13(2)18-15;3-2(4,5)1(6)7/h10-11,14,19H,3-9,12H2,1-2H3;(H,6,7). The van der Waals surface area contributed by atoms with Gasteiger partial charge in [0, 0.05) is 25.0 Å². The Labute approximate surface area is 173 Å². The molecule has 170 valence electrons. The third-order valence-corrected chi connectivity index (χ3v) is 6.89. The largest absolute Gasteiger partial charge is 0.490 e. The predicted molar refractivity (Wildman–Crippen MR) is 103 cm³/mol. The summed E-state index contributed by atoms with van der Waals surface area (Å²) < 4.78 is 57.8. The number of carboxylic acids is 1. The highest BCUT2D eigenvalue weighted by molar-refractivity contribution is 7.89. The Bertz CT molecular complexity index is 832. The predicted octanol–water partition coefficient (Wildman–Crippen LogP) is 2.10. The topological polar surface area (TPSA) is 112 Å². The fourth-order valence-corrected chi connectivity index (χ4v) is 4.66. The number of hydrogen-bond donors (Lipinski definition) is 2. The summed E-state index contributed by atoms with van der Waals surface area (Å²) in [5.41, 5.74) is 2.35. The van der Waals surface area contributed by atoms with Gasteiger partial charge in [-0.2, -0.15) is 13.2 Å². The van der Waals surface area contributed by atoms with Crippen LogP contribution in [0, 0.1) is 12.3 Å². The Morgan fingerprint density at radius 3 is 2.33 bits per heavy atom. The van der Waals surface area contributed by atoms with E-state index in [-0.39, 0.29) is 11.8 Å². The molecule has 1 aliphatic heterocycles. The van der Waals surface area contributed by atoms with Gasteiger partial charge in [-0.3, -0.25) is 14.9 Å². The molecule has 0 aromatic carbocycles. The number of nitrogens with one attached hydrogen (secondary N) is 1. The van der Waals surface area contributed by atoms with Gasteiger partial charge in [-0.1, -0.05) is 0 Å². The molecule has 1 saturated heterocycles. The number of sulfonamides is 1. The first kappa shape index (κ1) is 24.5. The first-order valence-electron chi connectivity index (χ1n) is 9.64. The molecule has 2 heterocycles. The maximum atomic E-state index is 11.6. The number of carboxylic acid groups (broad SMARTS) is 1. The summed E-state index contributed by atoms with van der Waals surface area (Å²) in [6, 6.07) is 0.147. The van der Waals surface area contributed by atoms with Gasteiger partial charge in [-0.15, -0.1) is 0 Å². The van der Waals surface area contributed by atoms with Crippen LogP contribution in [0.1, 0.15) is 44.0 Å². The van der Waals surface area contributed by atoms with Crippen molar-refractivity contribution in [3.05, 3.63) is 23.8 Å². The monoisotopic (exact) mass is 452 g/mol. The number of halogens is 3. The Balaban J connectivity index is 0.000000396. The summed E-state index contributed by atoms with van der Waals surface area (Å²) >= 11 is 0. The van der Waals surface area contributed by atoms with Crippen molar-refractivity contribution in [2.75, 3.05) is 18.8 Å². The van der Waals surface area contributed by atoms with E-state index in [1.54, 1.807) is 13.1 Å². The van der Waals surface area contributed by atoms with E-state index in [4.69, 9.17) is 9.90 Å². The summed E-state index contributed by atoms with van der Waals surface area (Å²) in [7, 11) is -3.07. The van der Waals surface area contributed by atoms with Crippen molar-refractivity contribution in [1.29, 1.82) is 0 Å². The normalized spacial score (nSPS) is 19.6. The third-order valence-electron chi connectivity index (χ3n) is 5.43. The molecule has 0 unspecified atom stereocenters. The highest BCUT2D eigenvalue weighted by atomic mass is 32.2. The lowest BCUT2D eigenvalue weighted by molar-refractivity contribution is -0.192. The van der Waals surface area contributed by atoms with Crippen LogP contribution in [0.25, 0.3) is 0 Å². The van der Waals surface area contributed by atoms with Crippen molar-refractivity contribution >= 4 is 16.0 Å². The molecule has 8 nitrogen and oxygen atoms in total. The first-order valence-corrected chi connectivity index (χ1v) is 11.3. The van der Waals surface area contributed by atoms with Gasteiger partial charge in [0.25, 0.3) is 0 Å². The van der Waals surface area contributed by atoms with Crippen LogP contribution in [-0.4, -0.2) is 65.4 Å². The Hall–Kier alpha value is -1.79. The van der Waals surface area contributed by atoms with Gasteiger partial charge >= 0.3 is 12.1 Å². The minimum atomic E-state index is -5.08. The highest BCUT2D eigenvalue weighted by Gasteiger charge is 2.46. The van der Waals surface area contributed by atoms with Crippen LogP contribution in [0.15, 0.2) is 12.4 Å². The smallest absolute Gasteiger partial charge is 0.475 e. The van der Waals surface area contributed by atoms with Gasteiger partial charge < -0.3 is 5.11 Å². The second-order valence-electron chi connectivity index (χ2n) is 7.86. The maximum Gasteiger partial charge on any atom is 0.490 e. The lowest BCUT2D eigenvalue weighted by Gasteiger charge is -2.52. The van der Waals surface area contributed by atoms with Crippen molar-refractivity contribution in [1.82, 2.24) is 19.6 Å². The van der Waals surface area contributed by atoms with Gasteiger partial charge in [-0.25, -0.2) is 17.9 Å². The van der Waals surface area contributed by atoms with E-state index in [0.29, 0.717) is 5.41 Å². The number of carbonyl (C=O) groups is 1. The Kier molecular flexibility index (Phi) is 7.80. The second kappa shape index (κ2) is 9.56. The molecule has 2 aliphatic rings. The average molecular weight is 452 g/mol. The number of likely N-dealkylation sites (tertiary alicyclic amines) is 1. The molecular weight excluding hydrogens is 425 g/mol. The first-order chi connectivity index (χ1) is 13.8. The van der Waals surface area contributed by atoms with Crippen molar-refractivity contribution in [2.45, 2.75) is 58.3 Å². The van der Waals surface area contributed by atoms with E-state index < -0.39 is 22.2 Å². The summed E-state index contributed by atoms with van der Waals surface area (Å²) in [6.07, 6.45) is 2.82.